The number of aromatic nitrogens is 3. The molecular weight excluding hydrogens is 460 g/mol. The molecule has 2 N–H and O–H groups in total. The number of nitrogens with zero attached hydrogens (tertiary/aromatic N) is 3. The summed E-state index contributed by atoms with van der Waals surface area (Å²) >= 11 is 0. The zero-order valence-corrected chi connectivity index (χ0v) is 22.5. The van der Waals surface area contributed by atoms with Crippen LogP contribution in [-0.2, 0) is 34.4 Å². The fraction of sp³-hybridized carbons (Fsp3) is 0.519. The Morgan fingerprint density at radius 3 is 2.50 bits per heavy atom. The Hall–Kier alpha value is -3.01. The van der Waals surface area contributed by atoms with E-state index in [1.54, 1.807) is 59.5 Å². The highest BCUT2D eigenvalue weighted by molar-refractivity contribution is 5.81. The van der Waals surface area contributed by atoms with Crippen LogP contribution in [0.1, 0.15) is 45.7 Å². The summed E-state index contributed by atoms with van der Waals surface area (Å²) in [5, 5.41) is 13.3. The molecule has 0 aliphatic carbocycles. The highest BCUT2D eigenvalue weighted by Crippen LogP contribution is 2.26. The van der Waals surface area contributed by atoms with Gasteiger partial charge < -0.3 is 23.7 Å². The van der Waals surface area contributed by atoms with Crippen LogP contribution in [-0.4, -0.2) is 56.2 Å². The molecule has 0 saturated heterocycles. The monoisotopic (exact) mass is 498 g/mol. The number of esters is 1. The van der Waals surface area contributed by atoms with Crippen LogP contribution in [0.25, 0.3) is 22.4 Å². The van der Waals surface area contributed by atoms with E-state index < -0.39 is 23.7 Å². The maximum absolute atomic E-state index is 12.6. The average molecular weight is 499 g/mol. The number of pyridine rings is 1. The summed E-state index contributed by atoms with van der Waals surface area (Å²) < 4.78 is 14.6. The molecule has 3 atom stereocenters. The highest BCUT2D eigenvalue weighted by Gasteiger charge is 2.28. The molecule has 9 nitrogen and oxygen atoms in total. The molecule has 0 aliphatic heterocycles. The van der Waals surface area contributed by atoms with Crippen LogP contribution >= 0.6 is 0 Å². The second-order valence-electron chi connectivity index (χ2n) is 10.4. The van der Waals surface area contributed by atoms with Gasteiger partial charge in [0.1, 0.15) is 17.5 Å². The normalized spacial score (nSPS) is 14.6. The van der Waals surface area contributed by atoms with Gasteiger partial charge in [0.15, 0.2) is 0 Å². The number of rotatable bonds is 9. The third-order valence-corrected chi connectivity index (χ3v) is 5.94. The number of aryl methyl sites for hydroxylation is 2. The molecule has 3 aromatic rings. The Morgan fingerprint density at radius 2 is 1.92 bits per heavy atom. The van der Waals surface area contributed by atoms with Crippen molar-refractivity contribution in [3.8, 4) is 11.4 Å². The summed E-state index contributed by atoms with van der Waals surface area (Å²) in [6, 6.07) is 6.92. The van der Waals surface area contributed by atoms with Crippen molar-refractivity contribution in [1.82, 2.24) is 19.4 Å². The molecule has 0 bridgehead atoms. The molecule has 196 valence electrons. The first-order valence-electron chi connectivity index (χ1n) is 12.1. The molecule has 2 aromatic heterocycles. The third kappa shape index (κ3) is 6.40. The summed E-state index contributed by atoms with van der Waals surface area (Å²) in [4.78, 5) is 29.7. The Bertz CT molecular complexity index is 1260. The van der Waals surface area contributed by atoms with E-state index in [1.165, 1.54) is 0 Å². The number of aliphatic hydroxyl groups is 1. The number of benzene rings is 1. The minimum Gasteiger partial charge on any atom is -0.459 e. The lowest BCUT2D eigenvalue weighted by Gasteiger charge is -2.26. The van der Waals surface area contributed by atoms with E-state index in [1.807, 2.05) is 31.2 Å². The summed E-state index contributed by atoms with van der Waals surface area (Å²) in [5.74, 6) is 0.247. The second kappa shape index (κ2) is 10.9. The largest absolute Gasteiger partial charge is 0.459 e. The Kier molecular flexibility index (Phi) is 8.38. The summed E-state index contributed by atoms with van der Waals surface area (Å²) in [6.45, 7) is 11.7. The van der Waals surface area contributed by atoms with Gasteiger partial charge >= 0.3 is 5.97 Å². The van der Waals surface area contributed by atoms with Gasteiger partial charge in [0, 0.05) is 38.0 Å². The molecule has 0 unspecified atom stereocenters. The van der Waals surface area contributed by atoms with Gasteiger partial charge in [-0.1, -0.05) is 6.07 Å². The number of nitrogens with one attached hydrogen (secondary N) is 1. The zero-order chi connectivity index (χ0) is 26.8. The number of methoxy groups -OCH3 is 1. The van der Waals surface area contributed by atoms with Crippen LogP contribution in [0.4, 0.5) is 0 Å². The molecule has 0 spiro atoms. The van der Waals surface area contributed by atoms with Gasteiger partial charge in [-0.25, -0.2) is 4.98 Å². The quantitative estimate of drug-likeness (QED) is 0.437. The predicted octanol–water partition coefficient (Wildman–Crippen LogP) is 2.93. The van der Waals surface area contributed by atoms with Gasteiger partial charge in [-0.15, -0.1) is 0 Å². The second-order valence-corrected chi connectivity index (χ2v) is 10.4. The Balaban J connectivity index is 1.96. The van der Waals surface area contributed by atoms with E-state index in [0.717, 1.165) is 28.0 Å². The van der Waals surface area contributed by atoms with Crippen LogP contribution < -0.4 is 10.9 Å². The van der Waals surface area contributed by atoms with Gasteiger partial charge in [-0.05, 0) is 65.3 Å². The zero-order valence-electron chi connectivity index (χ0n) is 22.5. The van der Waals surface area contributed by atoms with Crippen molar-refractivity contribution in [2.45, 2.75) is 78.5 Å². The maximum atomic E-state index is 12.6. The van der Waals surface area contributed by atoms with Gasteiger partial charge in [-0.2, -0.15) is 0 Å². The van der Waals surface area contributed by atoms with Gasteiger partial charge in [-0.3, -0.25) is 14.9 Å². The molecule has 0 radical (unpaired) electrons. The van der Waals surface area contributed by atoms with Crippen molar-refractivity contribution in [2.75, 3.05) is 7.11 Å². The predicted molar refractivity (Wildman–Crippen MR) is 140 cm³/mol. The number of hydrogen-bond acceptors (Lipinski definition) is 7. The number of aliphatic hydroxyl groups excluding tert-OH is 1. The minimum absolute atomic E-state index is 0.0438. The molecule has 0 saturated carbocycles. The van der Waals surface area contributed by atoms with Crippen molar-refractivity contribution in [2.24, 2.45) is 7.05 Å². The minimum atomic E-state index is -0.919. The van der Waals surface area contributed by atoms with Crippen LogP contribution in [0.2, 0.25) is 0 Å². The van der Waals surface area contributed by atoms with Crippen LogP contribution in [0.5, 0.6) is 0 Å². The summed E-state index contributed by atoms with van der Waals surface area (Å²) in [6.07, 6.45) is 0.829. The molecule has 0 aliphatic rings. The van der Waals surface area contributed by atoms with Crippen molar-refractivity contribution in [3.05, 3.63) is 51.9 Å². The third-order valence-electron chi connectivity index (χ3n) is 5.94. The number of fused-ring (bicyclic) bond motifs is 1. The molecule has 0 amide bonds. The number of carbonyl (C=O) groups is 1. The smallest absolute Gasteiger partial charge is 0.326 e. The topological polar surface area (TPSA) is 108 Å². The fourth-order valence-corrected chi connectivity index (χ4v) is 4.07. The maximum Gasteiger partial charge on any atom is 0.326 e. The van der Waals surface area contributed by atoms with Crippen LogP contribution in [0.15, 0.2) is 35.3 Å². The van der Waals surface area contributed by atoms with Crippen molar-refractivity contribution in [3.63, 3.8) is 0 Å². The first-order chi connectivity index (χ1) is 16.8. The lowest BCUT2D eigenvalue weighted by atomic mass is 10.1. The summed E-state index contributed by atoms with van der Waals surface area (Å²) in [7, 11) is 3.41. The first kappa shape index (κ1) is 27.6. The Morgan fingerprint density at radius 1 is 1.22 bits per heavy atom. The van der Waals surface area contributed by atoms with E-state index in [4.69, 9.17) is 14.5 Å². The van der Waals surface area contributed by atoms with E-state index >= 15 is 0 Å². The van der Waals surface area contributed by atoms with Gasteiger partial charge in [0.25, 0.3) is 5.56 Å². The van der Waals surface area contributed by atoms with E-state index in [2.05, 4.69) is 9.88 Å². The lowest BCUT2D eigenvalue weighted by Crippen LogP contribution is -2.47. The first-order valence-corrected chi connectivity index (χ1v) is 12.1. The van der Waals surface area contributed by atoms with Crippen molar-refractivity contribution >= 4 is 17.0 Å². The number of hydrogen-bond donors (Lipinski definition) is 2. The number of ether oxygens (including phenoxy) is 2. The standard InChI is InChI=1S/C27H38N4O5/c1-16-11-20(15-30(7)25(16)33)24-29-21-12-19(9-10-22(21)31(24)14-17(2)35-8)13-28-23(18(3)32)26(34)36-27(4,5)6/h9-12,15,17-18,23,28,32H,13-14H2,1-8H3/t17-,18-,23-/m1/s1. The SMILES string of the molecule is CO[C@H](C)Cn1c(-c2cc(C)c(=O)n(C)c2)nc2cc(CN[C@@H](C(=O)OC(C)(C)C)[C@@H](C)O)ccc21. The number of carbonyl (C=O) groups excluding carboxylic acids is 1. The fourth-order valence-electron chi connectivity index (χ4n) is 4.07. The lowest BCUT2D eigenvalue weighted by molar-refractivity contribution is -0.160. The van der Waals surface area contributed by atoms with Crippen molar-refractivity contribution in [1.29, 1.82) is 0 Å². The summed E-state index contributed by atoms with van der Waals surface area (Å²) in [5.41, 5.74) is 3.42. The number of imidazole rings is 1. The van der Waals surface area contributed by atoms with E-state index in [0.29, 0.717) is 18.7 Å². The van der Waals surface area contributed by atoms with Crippen LogP contribution in [0.3, 0.4) is 0 Å². The molecule has 1 aromatic carbocycles. The molecule has 3 rings (SSSR count). The molecule has 0 fully saturated rings. The molecular formula is C27H38N4O5. The Labute approximate surface area is 212 Å². The van der Waals surface area contributed by atoms with Crippen LogP contribution in [0, 0.1) is 6.92 Å². The van der Waals surface area contributed by atoms with Gasteiger partial charge in [0.2, 0.25) is 0 Å². The molecule has 2 heterocycles. The molecule has 9 heteroatoms. The average Bonchev–Trinajstić information content (AvgIpc) is 3.13. The van der Waals surface area contributed by atoms with E-state index in [-0.39, 0.29) is 11.7 Å². The van der Waals surface area contributed by atoms with Crippen molar-refractivity contribution < 1.29 is 19.4 Å². The highest BCUT2D eigenvalue weighted by atomic mass is 16.6. The molecule has 36 heavy (non-hydrogen) atoms. The van der Waals surface area contributed by atoms with Gasteiger partial charge in [0.05, 0.1) is 29.8 Å². The van der Waals surface area contributed by atoms with E-state index in [9.17, 15) is 14.7 Å².